The molecule has 0 aliphatic rings. The number of phenolic OH excluding ortho intramolecular Hbond substituents is 1. The first kappa shape index (κ1) is 30.8. The van der Waals surface area contributed by atoms with Gasteiger partial charge in [0.2, 0.25) is 29.5 Å². The number of aromatic hydroxyl groups is 1. The molecule has 0 aliphatic heterocycles. The number of amides is 5. The van der Waals surface area contributed by atoms with Crippen molar-refractivity contribution in [1.82, 2.24) is 16.0 Å². The fourth-order valence-corrected chi connectivity index (χ4v) is 3.26. The van der Waals surface area contributed by atoms with Crippen LogP contribution in [0.4, 0.5) is 0 Å². The molecule has 0 saturated carbocycles. The number of carbonyl (C=O) groups excluding carboxylic acids is 5. The van der Waals surface area contributed by atoms with Crippen LogP contribution < -0.4 is 33.2 Å². The second kappa shape index (κ2) is 14.4. The average Bonchev–Trinajstić information content (AvgIpc) is 2.79. The Kier molecular flexibility index (Phi) is 12.0. The largest absolute Gasteiger partial charge is 0.508 e. The van der Waals surface area contributed by atoms with E-state index in [9.17, 15) is 39.0 Å². The Morgan fingerprint density at radius 1 is 0.838 bits per heavy atom. The number of hydrogen-bond acceptors (Lipinski definition) is 8. The molecule has 1 rings (SSSR count). The van der Waals surface area contributed by atoms with E-state index in [4.69, 9.17) is 17.2 Å². The monoisotopic (exact) mass is 522 g/mol. The third-order valence-electron chi connectivity index (χ3n) is 5.31. The van der Waals surface area contributed by atoms with Gasteiger partial charge in [-0.05, 0) is 36.5 Å². The van der Waals surface area contributed by atoms with Crippen LogP contribution in [-0.2, 0) is 35.2 Å². The summed E-state index contributed by atoms with van der Waals surface area (Å²) in [5.41, 5.74) is 16.9. The van der Waals surface area contributed by atoms with Crippen molar-refractivity contribution in [2.75, 3.05) is 0 Å². The maximum Gasteiger partial charge on any atom is 0.326 e. The lowest BCUT2D eigenvalue weighted by molar-refractivity contribution is -0.143. The Bertz CT molecular complexity index is 997. The zero-order chi connectivity index (χ0) is 28.3. The number of benzene rings is 1. The number of carboxylic acids is 1. The molecular formula is C23H34N6O8. The van der Waals surface area contributed by atoms with Crippen molar-refractivity contribution >= 4 is 35.5 Å². The number of nitrogens with one attached hydrogen (secondary N) is 3. The SMILES string of the molecule is CC(C)C(NC(=O)C(CCC(N)=O)NC(=O)C(CC(N)=O)NC(=O)C(N)Cc1ccc(O)cc1)C(=O)O. The van der Waals surface area contributed by atoms with Gasteiger partial charge in [0.15, 0.2) is 0 Å². The number of rotatable bonds is 15. The summed E-state index contributed by atoms with van der Waals surface area (Å²) in [6, 6.07) is 0.602. The number of primary amides is 2. The van der Waals surface area contributed by atoms with Gasteiger partial charge in [0, 0.05) is 6.42 Å². The summed E-state index contributed by atoms with van der Waals surface area (Å²) in [6.45, 7) is 3.13. The Morgan fingerprint density at radius 3 is 1.86 bits per heavy atom. The summed E-state index contributed by atoms with van der Waals surface area (Å²) < 4.78 is 0. The van der Waals surface area contributed by atoms with Gasteiger partial charge in [-0.15, -0.1) is 0 Å². The van der Waals surface area contributed by atoms with E-state index in [0.29, 0.717) is 5.56 Å². The molecule has 0 fully saturated rings. The minimum absolute atomic E-state index is 0.0259. The van der Waals surface area contributed by atoms with Crippen molar-refractivity contribution in [2.45, 2.75) is 63.7 Å². The van der Waals surface area contributed by atoms with Gasteiger partial charge in [-0.2, -0.15) is 0 Å². The first-order valence-corrected chi connectivity index (χ1v) is 11.4. The molecule has 0 aromatic heterocycles. The second-order valence-electron chi connectivity index (χ2n) is 8.84. The first-order valence-electron chi connectivity index (χ1n) is 11.4. The number of hydrogen-bond donors (Lipinski definition) is 8. The zero-order valence-corrected chi connectivity index (χ0v) is 20.6. The highest BCUT2D eigenvalue weighted by atomic mass is 16.4. The number of carboxylic acid groups (broad SMARTS) is 1. The van der Waals surface area contributed by atoms with Crippen LogP contribution in [0.15, 0.2) is 24.3 Å². The fraction of sp³-hybridized carbons (Fsp3) is 0.478. The highest BCUT2D eigenvalue weighted by molar-refractivity contribution is 5.96. The molecule has 5 amide bonds. The summed E-state index contributed by atoms with van der Waals surface area (Å²) in [4.78, 5) is 72.6. The Labute approximate surface area is 213 Å². The molecule has 0 heterocycles. The molecule has 1 aromatic rings. The Balaban J connectivity index is 3.00. The molecule has 0 radical (unpaired) electrons. The molecule has 0 aliphatic carbocycles. The first-order chi connectivity index (χ1) is 17.2. The number of nitrogens with two attached hydrogens (primary N) is 3. The lowest BCUT2D eigenvalue weighted by Crippen LogP contribution is -2.58. The van der Waals surface area contributed by atoms with Crippen LogP contribution in [0, 0.1) is 5.92 Å². The van der Waals surface area contributed by atoms with Crippen LogP contribution in [-0.4, -0.2) is 69.9 Å². The van der Waals surface area contributed by atoms with E-state index in [-0.39, 0.29) is 25.0 Å². The van der Waals surface area contributed by atoms with Crippen LogP contribution in [0.2, 0.25) is 0 Å². The van der Waals surface area contributed by atoms with Crippen molar-refractivity contribution in [3.63, 3.8) is 0 Å². The van der Waals surface area contributed by atoms with Crippen molar-refractivity contribution in [3.8, 4) is 5.75 Å². The summed E-state index contributed by atoms with van der Waals surface area (Å²) in [5, 5.41) is 25.6. The lowest BCUT2D eigenvalue weighted by atomic mass is 10.0. The minimum Gasteiger partial charge on any atom is -0.508 e. The quantitative estimate of drug-likeness (QED) is 0.122. The highest BCUT2D eigenvalue weighted by Gasteiger charge is 2.32. The van der Waals surface area contributed by atoms with Crippen molar-refractivity contribution in [1.29, 1.82) is 0 Å². The average molecular weight is 523 g/mol. The number of aliphatic carboxylic acids is 1. The maximum absolute atomic E-state index is 12.9. The van der Waals surface area contributed by atoms with E-state index >= 15 is 0 Å². The third kappa shape index (κ3) is 10.9. The number of phenols is 1. The van der Waals surface area contributed by atoms with E-state index in [1.165, 1.54) is 12.1 Å². The smallest absolute Gasteiger partial charge is 0.326 e. The molecule has 0 saturated heterocycles. The molecule has 4 unspecified atom stereocenters. The third-order valence-corrected chi connectivity index (χ3v) is 5.31. The van der Waals surface area contributed by atoms with Gasteiger partial charge in [0.05, 0.1) is 12.5 Å². The molecule has 14 nitrogen and oxygen atoms in total. The van der Waals surface area contributed by atoms with Crippen LogP contribution in [0.1, 0.15) is 38.7 Å². The molecule has 0 spiro atoms. The van der Waals surface area contributed by atoms with Gasteiger partial charge in [-0.3, -0.25) is 24.0 Å². The van der Waals surface area contributed by atoms with Crippen molar-refractivity contribution in [3.05, 3.63) is 29.8 Å². The van der Waals surface area contributed by atoms with Crippen LogP contribution >= 0.6 is 0 Å². The summed E-state index contributed by atoms with van der Waals surface area (Å²) in [7, 11) is 0. The molecule has 14 heteroatoms. The normalized spacial score (nSPS) is 14.1. The molecular weight excluding hydrogens is 488 g/mol. The second-order valence-corrected chi connectivity index (χ2v) is 8.84. The van der Waals surface area contributed by atoms with Crippen LogP contribution in [0.5, 0.6) is 5.75 Å². The van der Waals surface area contributed by atoms with Gasteiger partial charge in [0.1, 0.15) is 23.9 Å². The van der Waals surface area contributed by atoms with Gasteiger partial charge in [-0.1, -0.05) is 26.0 Å². The molecule has 11 N–H and O–H groups in total. The lowest BCUT2D eigenvalue weighted by Gasteiger charge is -2.25. The van der Waals surface area contributed by atoms with E-state index in [1.54, 1.807) is 26.0 Å². The molecule has 37 heavy (non-hydrogen) atoms. The van der Waals surface area contributed by atoms with E-state index < -0.39 is 72.0 Å². The van der Waals surface area contributed by atoms with Crippen LogP contribution in [0.25, 0.3) is 0 Å². The maximum atomic E-state index is 12.9. The summed E-state index contributed by atoms with van der Waals surface area (Å²) >= 11 is 0. The predicted molar refractivity (Wildman–Crippen MR) is 130 cm³/mol. The van der Waals surface area contributed by atoms with Gasteiger partial charge in [-0.25, -0.2) is 4.79 Å². The number of carbonyl (C=O) groups is 6. The highest BCUT2D eigenvalue weighted by Crippen LogP contribution is 2.11. The predicted octanol–water partition coefficient (Wildman–Crippen LogP) is -2.40. The zero-order valence-electron chi connectivity index (χ0n) is 20.6. The Hall–Kier alpha value is -4.20. The van der Waals surface area contributed by atoms with Crippen molar-refractivity contribution < 1.29 is 39.0 Å². The molecule has 4 atom stereocenters. The molecule has 0 bridgehead atoms. The standard InChI is InChI=1S/C23H34N6O8/c1-11(2)19(23(36)37)29-21(34)15(7-8-17(25)31)27-22(35)16(10-18(26)32)28-20(33)14(24)9-12-3-5-13(30)6-4-12/h3-6,11,14-16,19,30H,7-10,24H2,1-2H3,(H2,25,31)(H2,26,32)(H,27,35)(H,28,33)(H,29,34)(H,36,37). The van der Waals surface area contributed by atoms with Gasteiger partial charge >= 0.3 is 5.97 Å². The van der Waals surface area contributed by atoms with E-state index in [2.05, 4.69) is 16.0 Å². The van der Waals surface area contributed by atoms with Gasteiger partial charge in [0.25, 0.3) is 0 Å². The Morgan fingerprint density at radius 2 is 1.38 bits per heavy atom. The van der Waals surface area contributed by atoms with E-state index in [0.717, 1.165) is 0 Å². The van der Waals surface area contributed by atoms with Crippen molar-refractivity contribution in [2.24, 2.45) is 23.1 Å². The fourth-order valence-electron chi connectivity index (χ4n) is 3.26. The van der Waals surface area contributed by atoms with Gasteiger partial charge < -0.3 is 43.4 Å². The van der Waals surface area contributed by atoms with Crippen LogP contribution in [0.3, 0.4) is 0 Å². The summed E-state index contributed by atoms with van der Waals surface area (Å²) in [5.74, 6) is -6.15. The summed E-state index contributed by atoms with van der Waals surface area (Å²) in [6.07, 6.45) is -1.17. The molecule has 204 valence electrons. The molecule has 1 aromatic carbocycles. The topological polar surface area (TPSA) is 257 Å². The van der Waals surface area contributed by atoms with E-state index in [1.807, 2.05) is 0 Å². The minimum atomic E-state index is -1.51.